The third-order valence-electron chi connectivity index (χ3n) is 14.1. The molecule has 3 aromatic heterocycles. The molecule has 19 nitrogen and oxygen atoms in total. The van der Waals surface area contributed by atoms with Gasteiger partial charge in [-0.25, -0.2) is 19.9 Å². The Morgan fingerprint density at radius 3 is 2.20 bits per heavy atom. The van der Waals surface area contributed by atoms with Crippen LogP contribution >= 0.6 is 34.3 Å². The third kappa shape index (κ3) is 17.5. The van der Waals surface area contributed by atoms with Crippen LogP contribution in [0.15, 0.2) is 60.2 Å². The quantitative estimate of drug-likeness (QED) is 0.0301. The molecule has 5 heterocycles. The number of hydrogen-bond donors (Lipinski definition) is 6. The van der Waals surface area contributed by atoms with Crippen LogP contribution in [0.1, 0.15) is 130 Å². The number of unbranched alkanes of at least 4 members (excludes halogenated alkanes) is 6. The molecule has 3 atom stereocenters. The summed E-state index contributed by atoms with van der Waals surface area (Å²) < 4.78 is 0. The number of nitrogens with one attached hydrogen (secondary N) is 5. The third-order valence-corrected chi connectivity index (χ3v) is 16.3. The molecule has 2 fully saturated rings. The van der Waals surface area contributed by atoms with Gasteiger partial charge in [0.25, 0.3) is 5.91 Å². The fourth-order valence-corrected chi connectivity index (χ4v) is 11.4. The molecule has 2 aliphatic rings. The van der Waals surface area contributed by atoms with E-state index in [0.29, 0.717) is 97.2 Å². The number of rotatable bonds is 25. The number of aryl methyl sites for hydroxylation is 3. The highest BCUT2D eigenvalue weighted by molar-refractivity contribution is 7.17. The van der Waals surface area contributed by atoms with Crippen molar-refractivity contribution in [3.8, 4) is 10.4 Å². The summed E-state index contributed by atoms with van der Waals surface area (Å²) in [5, 5.41) is 26.5. The van der Waals surface area contributed by atoms with Crippen LogP contribution in [0.25, 0.3) is 10.4 Å². The summed E-state index contributed by atoms with van der Waals surface area (Å²) in [4.78, 5) is 104. The molecule has 0 saturated carbocycles. The minimum atomic E-state index is -0.880. The second kappa shape index (κ2) is 28.5. The minimum absolute atomic E-state index is 0.00314. The van der Waals surface area contributed by atoms with Crippen LogP contribution in [0.5, 0.6) is 0 Å². The zero-order valence-electron chi connectivity index (χ0n) is 46.2. The van der Waals surface area contributed by atoms with Crippen LogP contribution in [0.4, 0.5) is 22.5 Å². The number of anilines is 4. The number of halogens is 1. The van der Waals surface area contributed by atoms with Gasteiger partial charge in [0.05, 0.1) is 39.1 Å². The van der Waals surface area contributed by atoms with Crippen molar-refractivity contribution >= 4 is 92.2 Å². The summed E-state index contributed by atoms with van der Waals surface area (Å²) in [5.41, 5.74) is 5.51. The van der Waals surface area contributed by atoms with Gasteiger partial charge in [0, 0.05) is 77.6 Å². The van der Waals surface area contributed by atoms with Crippen LogP contribution < -0.4 is 31.5 Å². The van der Waals surface area contributed by atoms with Crippen molar-refractivity contribution in [3.63, 3.8) is 0 Å². The number of carbonyl (C=O) groups is 6. The standard InChI is InChI=1S/C57H75ClN12O7S2/c1-36-16-15-17-42(58)50(36)67-54(76)44-33-61-56(79-44)65-45-31-46(64-38(3)63-45)68-26-28-69(29-27-68)49(74)20-13-14-25-59-47(72)18-11-9-7-8-10-12-19-48(73)66-52(57(4,5)6)55(77)70-34-41(71)30-43(70)53(75)60-32-39-21-23-40(24-22-39)51-37(2)62-35-78-51/h15-17,21-24,31,33,35,41,43,52,71H,7-14,18-20,25-30,32,34H2,1-6H3,(H,59,72)(H,60,75)(H,66,73)(H,67,76)(H,61,63,64,65)/t41-,43+,52?/m1/s1. The monoisotopic (exact) mass is 1140 g/mol. The van der Waals surface area contributed by atoms with Crippen LogP contribution in [0, 0.1) is 26.2 Å². The molecule has 6 N–H and O–H groups in total. The smallest absolute Gasteiger partial charge is 0.267 e. The van der Waals surface area contributed by atoms with E-state index in [2.05, 4.69) is 51.4 Å². The first-order valence-corrected chi connectivity index (χ1v) is 29.4. The molecule has 7 rings (SSSR count). The largest absolute Gasteiger partial charge is 0.391 e. The summed E-state index contributed by atoms with van der Waals surface area (Å²) in [6.07, 6.45) is 8.29. The average Bonchev–Trinajstić information content (AvgIpc) is 4.18. The van der Waals surface area contributed by atoms with Gasteiger partial charge in [-0.3, -0.25) is 28.8 Å². The minimum Gasteiger partial charge on any atom is -0.391 e. The molecule has 0 aliphatic carbocycles. The number of nitrogens with zero attached hydrogens (tertiary/aromatic N) is 7. The van der Waals surface area contributed by atoms with Crippen molar-refractivity contribution in [2.75, 3.05) is 54.8 Å². The maximum absolute atomic E-state index is 14.0. The Morgan fingerprint density at radius 1 is 0.823 bits per heavy atom. The molecular weight excluding hydrogens is 1060 g/mol. The number of likely N-dealkylation sites (tertiary alicyclic amines) is 1. The zero-order chi connectivity index (χ0) is 56.6. The van der Waals surface area contributed by atoms with Crippen LogP contribution in [-0.4, -0.2) is 128 Å². The molecular formula is C57H75ClN12O7S2. The number of aliphatic hydroxyl groups is 1. The van der Waals surface area contributed by atoms with Gasteiger partial charge in [-0.1, -0.05) is 106 Å². The van der Waals surface area contributed by atoms with E-state index in [0.717, 1.165) is 65.2 Å². The van der Waals surface area contributed by atoms with Gasteiger partial charge in [0.2, 0.25) is 29.5 Å². The van der Waals surface area contributed by atoms with Gasteiger partial charge in [-0.2, -0.15) is 0 Å². The Morgan fingerprint density at radius 2 is 1.52 bits per heavy atom. The normalized spacial score (nSPS) is 15.9. The van der Waals surface area contributed by atoms with E-state index < -0.39 is 23.6 Å². The second-order valence-corrected chi connectivity index (χ2v) is 23.7. The van der Waals surface area contributed by atoms with Crippen molar-refractivity contribution in [2.45, 2.75) is 143 Å². The Bertz CT molecular complexity index is 2880. The fraction of sp³-hybridized carbons (Fsp3) is 0.509. The number of para-hydroxylation sites is 1. The van der Waals surface area contributed by atoms with Gasteiger partial charge in [0.1, 0.15) is 34.4 Å². The highest BCUT2D eigenvalue weighted by atomic mass is 35.5. The maximum Gasteiger partial charge on any atom is 0.267 e. The van der Waals surface area contributed by atoms with E-state index in [4.69, 9.17) is 11.6 Å². The number of benzene rings is 2. The number of aliphatic hydroxyl groups excluding tert-OH is 1. The number of β-amino-alcohol motifs (C(OH)–C–C–N with tert-alkyl or cyclic N) is 1. The van der Waals surface area contributed by atoms with Gasteiger partial charge in [-0.05, 0) is 74.6 Å². The van der Waals surface area contributed by atoms with E-state index in [1.165, 1.54) is 22.4 Å². The first-order chi connectivity index (χ1) is 37.8. The summed E-state index contributed by atoms with van der Waals surface area (Å²) in [6.45, 7) is 14.4. The van der Waals surface area contributed by atoms with E-state index in [1.54, 1.807) is 17.4 Å². The lowest BCUT2D eigenvalue weighted by Crippen LogP contribution is -2.57. The number of carbonyl (C=O) groups excluding carboxylic acids is 6. The highest BCUT2D eigenvalue weighted by Crippen LogP contribution is 2.31. The van der Waals surface area contributed by atoms with Crippen molar-refractivity contribution in [2.24, 2.45) is 5.41 Å². The molecule has 0 spiro atoms. The van der Waals surface area contributed by atoms with Crippen LogP contribution in [-0.2, 0) is 30.5 Å². The van der Waals surface area contributed by atoms with Crippen molar-refractivity contribution < 1.29 is 33.9 Å². The number of amides is 6. The summed E-state index contributed by atoms with van der Waals surface area (Å²) >= 11 is 9.07. The van der Waals surface area contributed by atoms with Crippen LogP contribution in [0.2, 0.25) is 5.02 Å². The van der Waals surface area contributed by atoms with E-state index in [-0.39, 0.29) is 61.4 Å². The number of aromatic nitrogens is 4. The van der Waals surface area contributed by atoms with Crippen molar-refractivity contribution in [3.05, 3.63) is 92.8 Å². The SMILES string of the molecule is Cc1nc(Nc2ncc(C(=O)Nc3c(C)cccc3Cl)s2)cc(N2CCN(C(=O)CCCCNC(=O)CCCCCCCCC(=O)NC(C(=O)N3C[C@H](O)C[C@H]3C(=O)NCc3ccc(-c4scnc4C)cc3)C(C)(C)C)CC2)n1. The van der Waals surface area contributed by atoms with Crippen molar-refractivity contribution in [1.82, 2.24) is 45.7 Å². The predicted molar refractivity (Wildman–Crippen MR) is 311 cm³/mol. The first kappa shape index (κ1) is 60.1. The van der Waals surface area contributed by atoms with Gasteiger partial charge >= 0.3 is 0 Å². The molecule has 2 aliphatic heterocycles. The lowest BCUT2D eigenvalue weighted by molar-refractivity contribution is -0.144. The lowest BCUT2D eigenvalue weighted by Gasteiger charge is -2.35. The molecule has 2 saturated heterocycles. The predicted octanol–water partition coefficient (Wildman–Crippen LogP) is 8.50. The van der Waals surface area contributed by atoms with Gasteiger partial charge in [-0.15, -0.1) is 11.3 Å². The first-order valence-electron chi connectivity index (χ1n) is 27.3. The van der Waals surface area contributed by atoms with E-state index in [1.807, 2.05) is 94.4 Å². The number of thiazole rings is 2. The molecule has 0 bridgehead atoms. The summed E-state index contributed by atoms with van der Waals surface area (Å²) in [6, 6.07) is 13.4. The summed E-state index contributed by atoms with van der Waals surface area (Å²) in [5.74, 6) is 0.677. The topological polar surface area (TPSA) is 244 Å². The van der Waals surface area contributed by atoms with E-state index >= 15 is 0 Å². The fourth-order valence-electron chi connectivity index (χ4n) is 9.64. The molecule has 5 aromatic rings. The number of piperazine rings is 1. The molecule has 424 valence electrons. The molecule has 79 heavy (non-hydrogen) atoms. The average molecular weight is 1140 g/mol. The maximum atomic E-state index is 14.0. The Balaban J connectivity index is 0.715. The highest BCUT2D eigenvalue weighted by Gasteiger charge is 2.44. The Kier molecular flexibility index (Phi) is 21.7. The number of hydrogen-bond acceptors (Lipinski definition) is 15. The van der Waals surface area contributed by atoms with Gasteiger partial charge < -0.3 is 46.4 Å². The van der Waals surface area contributed by atoms with E-state index in [9.17, 15) is 33.9 Å². The van der Waals surface area contributed by atoms with Crippen LogP contribution in [0.3, 0.4) is 0 Å². The van der Waals surface area contributed by atoms with Gasteiger partial charge in [0.15, 0.2) is 5.13 Å². The Hall–Kier alpha value is -6.55. The molecule has 6 amide bonds. The molecule has 1 unspecified atom stereocenters. The van der Waals surface area contributed by atoms with Crippen molar-refractivity contribution in [1.29, 1.82) is 0 Å². The zero-order valence-corrected chi connectivity index (χ0v) is 48.6. The second-order valence-electron chi connectivity index (χ2n) is 21.4. The molecule has 2 aromatic carbocycles. The molecule has 22 heteroatoms. The molecule has 0 radical (unpaired) electrons. The lowest BCUT2D eigenvalue weighted by atomic mass is 9.85. The summed E-state index contributed by atoms with van der Waals surface area (Å²) in [7, 11) is 0. The Labute approximate surface area is 476 Å².